The van der Waals surface area contributed by atoms with Gasteiger partial charge in [0.15, 0.2) is 0 Å². The number of nitrogens with one attached hydrogen (secondary N) is 1. The Bertz CT molecular complexity index is 346. The number of imide groups is 1. The van der Waals surface area contributed by atoms with Gasteiger partial charge in [0.25, 0.3) is 0 Å². The zero-order valence-corrected chi connectivity index (χ0v) is 11.2. The maximum Gasteiger partial charge on any atom is 0.318 e. The quantitative estimate of drug-likeness (QED) is 0.677. The van der Waals surface area contributed by atoms with E-state index in [1.54, 1.807) is 6.92 Å². The van der Waals surface area contributed by atoms with E-state index in [0.717, 1.165) is 19.4 Å². The highest BCUT2D eigenvalue weighted by Crippen LogP contribution is 2.17. The van der Waals surface area contributed by atoms with E-state index in [0.29, 0.717) is 19.7 Å². The first-order valence-electron chi connectivity index (χ1n) is 6.51. The predicted octanol–water partition coefficient (Wildman–Crippen LogP) is -0.153. The molecule has 0 aromatic carbocycles. The van der Waals surface area contributed by atoms with Crippen LogP contribution >= 0.6 is 0 Å². The van der Waals surface area contributed by atoms with Crippen molar-refractivity contribution in [2.45, 2.75) is 26.2 Å². The van der Waals surface area contributed by atoms with Gasteiger partial charge < -0.3 is 15.4 Å². The molecule has 108 valence electrons. The molecule has 1 unspecified atom stereocenters. The summed E-state index contributed by atoms with van der Waals surface area (Å²) in [5, 5.41) is 2.02. The lowest BCUT2D eigenvalue weighted by Gasteiger charge is -2.31. The molecule has 1 atom stereocenters. The summed E-state index contributed by atoms with van der Waals surface area (Å²) >= 11 is 0. The van der Waals surface area contributed by atoms with Crippen molar-refractivity contribution in [2.24, 2.45) is 11.7 Å². The van der Waals surface area contributed by atoms with Crippen molar-refractivity contribution < 1.29 is 19.1 Å². The fraction of sp³-hybridized carbons (Fsp3) is 0.750. The van der Waals surface area contributed by atoms with Crippen molar-refractivity contribution in [3.8, 4) is 0 Å². The van der Waals surface area contributed by atoms with E-state index in [9.17, 15) is 14.4 Å². The molecular weight excluding hydrogens is 250 g/mol. The first-order chi connectivity index (χ1) is 9.02. The van der Waals surface area contributed by atoms with Crippen LogP contribution in [0.2, 0.25) is 0 Å². The minimum absolute atomic E-state index is 0.118. The third kappa shape index (κ3) is 5.69. The number of likely N-dealkylation sites (tertiary alicyclic amines) is 1. The smallest absolute Gasteiger partial charge is 0.318 e. The molecule has 1 saturated heterocycles. The van der Waals surface area contributed by atoms with Gasteiger partial charge in [-0.1, -0.05) is 0 Å². The maximum absolute atomic E-state index is 11.6. The number of carbonyl (C=O) groups excluding carboxylic acids is 3. The number of ether oxygens (including phenoxy) is 1. The van der Waals surface area contributed by atoms with Gasteiger partial charge >= 0.3 is 12.0 Å². The molecule has 7 heteroatoms. The van der Waals surface area contributed by atoms with E-state index in [1.165, 1.54) is 0 Å². The Labute approximate surface area is 112 Å². The van der Waals surface area contributed by atoms with E-state index in [1.807, 2.05) is 10.2 Å². The molecule has 0 bridgehead atoms. The number of piperidine rings is 1. The van der Waals surface area contributed by atoms with Gasteiger partial charge in [-0.3, -0.25) is 14.9 Å². The van der Waals surface area contributed by atoms with Gasteiger partial charge in [0, 0.05) is 19.5 Å². The summed E-state index contributed by atoms with van der Waals surface area (Å²) in [6.07, 6.45) is 1.92. The van der Waals surface area contributed by atoms with E-state index in [2.05, 4.69) is 0 Å². The second-order valence-corrected chi connectivity index (χ2v) is 4.55. The van der Waals surface area contributed by atoms with Crippen LogP contribution in [0.3, 0.4) is 0 Å². The summed E-state index contributed by atoms with van der Waals surface area (Å²) < 4.78 is 5.00. The van der Waals surface area contributed by atoms with E-state index < -0.39 is 11.9 Å². The van der Waals surface area contributed by atoms with Gasteiger partial charge in [-0.2, -0.15) is 0 Å². The number of esters is 1. The molecule has 1 fully saturated rings. The summed E-state index contributed by atoms with van der Waals surface area (Å²) in [7, 11) is 0. The lowest BCUT2D eigenvalue weighted by molar-refractivity contribution is -0.149. The second-order valence-electron chi connectivity index (χ2n) is 4.55. The number of carbonyl (C=O) groups is 3. The Morgan fingerprint density at radius 2 is 2.16 bits per heavy atom. The van der Waals surface area contributed by atoms with Crippen LogP contribution in [-0.2, 0) is 14.3 Å². The van der Waals surface area contributed by atoms with Crippen molar-refractivity contribution in [2.75, 3.05) is 26.2 Å². The van der Waals surface area contributed by atoms with E-state index in [-0.39, 0.29) is 18.3 Å². The fourth-order valence-corrected chi connectivity index (χ4v) is 2.17. The topological polar surface area (TPSA) is 102 Å². The molecule has 0 spiro atoms. The average molecular weight is 271 g/mol. The van der Waals surface area contributed by atoms with Crippen LogP contribution in [0.15, 0.2) is 0 Å². The molecule has 3 amide bonds. The van der Waals surface area contributed by atoms with Gasteiger partial charge in [-0.15, -0.1) is 0 Å². The SMILES string of the molecule is CCOC(=O)C1CCCN(CCC(=O)NC(N)=O)C1. The van der Waals surface area contributed by atoms with Gasteiger partial charge in [-0.25, -0.2) is 4.79 Å². The molecule has 7 nitrogen and oxygen atoms in total. The monoisotopic (exact) mass is 271 g/mol. The highest BCUT2D eigenvalue weighted by atomic mass is 16.5. The van der Waals surface area contributed by atoms with Crippen LogP contribution in [0.1, 0.15) is 26.2 Å². The zero-order chi connectivity index (χ0) is 14.3. The minimum Gasteiger partial charge on any atom is -0.466 e. The van der Waals surface area contributed by atoms with Crippen molar-refractivity contribution in [1.82, 2.24) is 10.2 Å². The van der Waals surface area contributed by atoms with Crippen LogP contribution in [0.25, 0.3) is 0 Å². The third-order valence-corrected chi connectivity index (χ3v) is 3.04. The predicted molar refractivity (Wildman–Crippen MR) is 68.1 cm³/mol. The molecular formula is C12H21N3O4. The van der Waals surface area contributed by atoms with Crippen LogP contribution in [-0.4, -0.2) is 49.0 Å². The number of primary amides is 1. The van der Waals surface area contributed by atoms with Gasteiger partial charge in [-0.05, 0) is 26.3 Å². The third-order valence-electron chi connectivity index (χ3n) is 3.04. The number of nitrogens with zero attached hydrogens (tertiary/aromatic N) is 1. The average Bonchev–Trinajstić information content (AvgIpc) is 2.36. The molecule has 19 heavy (non-hydrogen) atoms. The molecule has 1 rings (SSSR count). The van der Waals surface area contributed by atoms with Gasteiger partial charge in [0.1, 0.15) is 0 Å². The Hall–Kier alpha value is -1.63. The van der Waals surface area contributed by atoms with Crippen LogP contribution < -0.4 is 11.1 Å². The number of rotatable bonds is 5. The number of hydrogen-bond acceptors (Lipinski definition) is 5. The summed E-state index contributed by atoms with van der Waals surface area (Å²) in [5.74, 6) is -0.688. The Kier molecular flexibility index (Phi) is 6.27. The highest BCUT2D eigenvalue weighted by Gasteiger charge is 2.26. The van der Waals surface area contributed by atoms with Crippen LogP contribution in [0.5, 0.6) is 0 Å². The molecule has 0 radical (unpaired) electrons. The van der Waals surface area contributed by atoms with E-state index in [4.69, 9.17) is 10.5 Å². The molecule has 3 N–H and O–H groups in total. The largest absolute Gasteiger partial charge is 0.466 e. The van der Waals surface area contributed by atoms with Crippen LogP contribution in [0, 0.1) is 5.92 Å². The number of hydrogen-bond donors (Lipinski definition) is 2. The Morgan fingerprint density at radius 3 is 2.79 bits per heavy atom. The Balaban J connectivity index is 2.32. The van der Waals surface area contributed by atoms with Crippen molar-refractivity contribution in [1.29, 1.82) is 0 Å². The minimum atomic E-state index is -0.840. The fourth-order valence-electron chi connectivity index (χ4n) is 2.17. The van der Waals surface area contributed by atoms with Crippen LogP contribution in [0.4, 0.5) is 4.79 Å². The summed E-state index contributed by atoms with van der Waals surface area (Å²) in [4.78, 5) is 35.4. The zero-order valence-electron chi connectivity index (χ0n) is 11.2. The molecule has 0 saturated carbocycles. The van der Waals surface area contributed by atoms with Crippen molar-refractivity contribution >= 4 is 17.9 Å². The molecule has 1 heterocycles. The number of amides is 3. The summed E-state index contributed by atoms with van der Waals surface area (Å²) in [6.45, 7) is 4.13. The molecule has 0 aromatic rings. The molecule has 0 aliphatic carbocycles. The molecule has 1 aliphatic rings. The van der Waals surface area contributed by atoms with Gasteiger partial charge in [0.2, 0.25) is 5.91 Å². The number of nitrogens with two attached hydrogens (primary N) is 1. The second kappa shape index (κ2) is 7.73. The standard InChI is InChI=1S/C12H21N3O4/c1-2-19-11(17)9-4-3-6-15(8-9)7-5-10(16)14-12(13)18/h9H,2-8H2,1H3,(H3,13,14,16,18). The highest BCUT2D eigenvalue weighted by molar-refractivity contribution is 5.93. The van der Waals surface area contributed by atoms with Crippen molar-refractivity contribution in [3.63, 3.8) is 0 Å². The summed E-state index contributed by atoms with van der Waals surface area (Å²) in [6, 6.07) is -0.840. The number of urea groups is 1. The Morgan fingerprint density at radius 1 is 1.42 bits per heavy atom. The van der Waals surface area contributed by atoms with Crippen molar-refractivity contribution in [3.05, 3.63) is 0 Å². The first kappa shape index (κ1) is 15.4. The van der Waals surface area contributed by atoms with E-state index >= 15 is 0 Å². The molecule has 0 aromatic heterocycles. The lowest BCUT2D eigenvalue weighted by atomic mass is 9.98. The maximum atomic E-state index is 11.6. The lowest BCUT2D eigenvalue weighted by Crippen LogP contribution is -2.42. The summed E-state index contributed by atoms with van der Waals surface area (Å²) in [5.41, 5.74) is 4.85. The van der Waals surface area contributed by atoms with Gasteiger partial charge in [0.05, 0.1) is 12.5 Å². The first-order valence-corrected chi connectivity index (χ1v) is 6.51. The normalized spacial score (nSPS) is 19.7. The molecule has 1 aliphatic heterocycles.